The first kappa shape index (κ1) is 15.2. The maximum atomic E-state index is 6.20. The smallest absolute Gasteiger partial charge is 0.126 e. The highest BCUT2D eigenvalue weighted by atomic mass is 15.0. The number of nitrogens with two attached hydrogens (primary N) is 1. The lowest BCUT2D eigenvalue weighted by atomic mass is 10.1. The van der Waals surface area contributed by atoms with Gasteiger partial charge in [0, 0.05) is 31.2 Å². The number of pyridine rings is 2. The molecule has 0 saturated carbocycles. The molecule has 2 aromatic heterocycles. The minimum absolute atomic E-state index is 0.0452. The number of nitrogens with one attached hydrogen (secondary N) is 1. The van der Waals surface area contributed by atoms with Crippen molar-refractivity contribution in [3.05, 3.63) is 78.8 Å². The van der Waals surface area contributed by atoms with E-state index in [0.717, 1.165) is 23.4 Å². The monoisotopic (exact) mass is 304 g/mol. The number of hydrogen-bond acceptors (Lipinski definition) is 4. The minimum Gasteiger partial charge on any atom is -0.368 e. The van der Waals surface area contributed by atoms with Gasteiger partial charge in [-0.15, -0.1) is 0 Å². The van der Waals surface area contributed by atoms with Crippen LogP contribution in [0.2, 0.25) is 0 Å². The molecule has 23 heavy (non-hydrogen) atoms. The molecule has 2 heterocycles. The van der Waals surface area contributed by atoms with Crippen molar-refractivity contribution in [2.24, 2.45) is 5.73 Å². The van der Waals surface area contributed by atoms with Gasteiger partial charge in [-0.1, -0.05) is 30.3 Å². The molecule has 1 unspecified atom stereocenters. The van der Waals surface area contributed by atoms with Crippen molar-refractivity contribution < 1.29 is 0 Å². The Balaban J connectivity index is 1.60. The largest absolute Gasteiger partial charge is 0.368 e. The van der Waals surface area contributed by atoms with Gasteiger partial charge in [-0.05, 0) is 47.4 Å². The summed E-state index contributed by atoms with van der Waals surface area (Å²) in [6, 6.07) is 18.3. The number of anilines is 1. The van der Waals surface area contributed by atoms with Crippen LogP contribution >= 0.6 is 0 Å². The molecule has 0 aliphatic carbocycles. The van der Waals surface area contributed by atoms with E-state index in [1.807, 2.05) is 42.5 Å². The van der Waals surface area contributed by atoms with E-state index in [1.54, 1.807) is 18.6 Å². The summed E-state index contributed by atoms with van der Waals surface area (Å²) in [5.41, 5.74) is 9.69. The Morgan fingerprint density at radius 1 is 0.913 bits per heavy atom. The molecule has 0 bridgehead atoms. The topological polar surface area (TPSA) is 63.8 Å². The van der Waals surface area contributed by atoms with Crippen molar-refractivity contribution >= 4 is 5.82 Å². The van der Waals surface area contributed by atoms with Crippen molar-refractivity contribution in [3.63, 3.8) is 0 Å². The van der Waals surface area contributed by atoms with Crippen LogP contribution in [-0.4, -0.2) is 22.6 Å². The molecule has 0 radical (unpaired) electrons. The van der Waals surface area contributed by atoms with Crippen molar-refractivity contribution in [2.45, 2.75) is 12.5 Å². The van der Waals surface area contributed by atoms with Gasteiger partial charge in [0.15, 0.2) is 0 Å². The Hall–Kier alpha value is -2.72. The lowest BCUT2D eigenvalue weighted by molar-refractivity contribution is 0.698. The van der Waals surface area contributed by atoms with Gasteiger partial charge in [-0.25, -0.2) is 4.98 Å². The number of benzene rings is 1. The quantitative estimate of drug-likeness (QED) is 0.734. The highest BCUT2D eigenvalue weighted by Gasteiger charge is 2.05. The fraction of sp³-hybridized carbons (Fsp3) is 0.158. The first-order valence-electron chi connectivity index (χ1n) is 7.71. The van der Waals surface area contributed by atoms with Crippen LogP contribution < -0.4 is 11.1 Å². The lowest BCUT2D eigenvalue weighted by Crippen LogP contribution is -2.31. The average molecular weight is 304 g/mol. The predicted octanol–water partition coefficient (Wildman–Crippen LogP) is 3.13. The van der Waals surface area contributed by atoms with E-state index >= 15 is 0 Å². The van der Waals surface area contributed by atoms with E-state index < -0.39 is 0 Å². The van der Waals surface area contributed by atoms with E-state index in [1.165, 1.54) is 5.56 Å². The molecular weight excluding hydrogens is 284 g/mol. The number of nitrogens with zero attached hydrogens (tertiary/aromatic N) is 2. The van der Waals surface area contributed by atoms with Gasteiger partial charge in [0.05, 0.1) is 0 Å². The summed E-state index contributed by atoms with van der Waals surface area (Å²) < 4.78 is 0. The van der Waals surface area contributed by atoms with Gasteiger partial charge in [0.2, 0.25) is 0 Å². The molecule has 0 spiro atoms. The van der Waals surface area contributed by atoms with Crippen LogP contribution in [0.5, 0.6) is 0 Å². The van der Waals surface area contributed by atoms with Gasteiger partial charge in [-0.2, -0.15) is 0 Å². The highest BCUT2D eigenvalue weighted by Crippen LogP contribution is 2.20. The van der Waals surface area contributed by atoms with E-state index in [2.05, 4.69) is 27.4 Å². The van der Waals surface area contributed by atoms with Gasteiger partial charge in [-0.3, -0.25) is 4.98 Å². The summed E-state index contributed by atoms with van der Waals surface area (Å²) in [6.07, 6.45) is 6.23. The second-order valence-electron chi connectivity index (χ2n) is 5.50. The predicted molar refractivity (Wildman–Crippen MR) is 94.1 cm³/mol. The molecule has 1 atom stereocenters. The number of hydrogen-bond donors (Lipinski definition) is 2. The number of aromatic nitrogens is 2. The fourth-order valence-corrected chi connectivity index (χ4v) is 2.48. The van der Waals surface area contributed by atoms with Gasteiger partial charge >= 0.3 is 0 Å². The Kier molecular flexibility index (Phi) is 4.96. The normalized spacial score (nSPS) is 11.9. The van der Waals surface area contributed by atoms with E-state index in [0.29, 0.717) is 6.54 Å². The van der Waals surface area contributed by atoms with Crippen LogP contribution in [0, 0.1) is 0 Å². The molecule has 0 saturated heterocycles. The van der Waals surface area contributed by atoms with E-state index in [4.69, 9.17) is 5.73 Å². The third-order valence-electron chi connectivity index (χ3n) is 3.66. The zero-order chi connectivity index (χ0) is 15.9. The molecule has 0 amide bonds. The zero-order valence-corrected chi connectivity index (χ0v) is 12.9. The second-order valence-corrected chi connectivity index (χ2v) is 5.50. The van der Waals surface area contributed by atoms with Crippen LogP contribution in [0.15, 0.2) is 73.2 Å². The van der Waals surface area contributed by atoms with E-state index in [-0.39, 0.29) is 6.04 Å². The summed E-state index contributed by atoms with van der Waals surface area (Å²) in [5.74, 6) is 0.836. The third kappa shape index (κ3) is 4.37. The molecule has 0 aliphatic heterocycles. The van der Waals surface area contributed by atoms with Crippen LogP contribution in [0.1, 0.15) is 5.56 Å². The molecular formula is C19H20N4. The lowest BCUT2D eigenvalue weighted by Gasteiger charge is -2.14. The Morgan fingerprint density at radius 2 is 1.65 bits per heavy atom. The summed E-state index contributed by atoms with van der Waals surface area (Å²) in [6.45, 7) is 0.682. The molecule has 3 aromatic rings. The zero-order valence-electron chi connectivity index (χ0n) is 12.9. The van der Waals surface area contributed by atoms with Crippen LogP contribution in [0.25, 0.3) is 11.1 Å². The molecule has 4 heteroatoms. The van der Waals surface area contributed by atoms with Crippen LogP contribution in [0.3, 0.4) is 0 Å². The molecule has 1 aromatic carbocycles. The molecule has 3 N–H and O–H groups in total. The van der Waals surface area contributed by atoms with Gasteiger partial charge in [0.25, 0.3) is 0 Å². The Morgan fingerprint density at radius 3 is 2.43 bits per heavy atom. The Labute approximate surface area is 136 Å². The van der Waals surface area contributed by atoms with Gasteiger partial charge < -0.3 is 11.1 Å². The maximum Gasteiger partial charge on any atom is 0.126 e. The molecule has 3 rings (SSSR count). The Bertz CT molecular complexity index is 729. The van der Waals surface area contributed by atoms with Crippen molar-refractivity contribution in [2.75, 3.05) is 11.9 Å². The van der Waals surface area contributed by atoms with Crippen molar-refractivity contribution in [1.82, 2.24) is 9.97 Å². The van der Waals surface area contributed by atoms with Crippen LogP contribution in [-0.2, 0) is 6.42 Å². The standard InChI is InChI=1S/C19H20N4/c20-18(12-15-4-2-1-3-5-15)14-23-19-13-17(8-11-22-19)16-6-9-21-10-7-16/h1-11,13,18H,12,14,20H2,(H,22,23). The average Bonchev–Trinajstić information content (AvgIpc) is 2.62. The van der Waals surface area contributed by atoms with Crippen molar-refractivity contribution in [3.8, 4) is 11.1 Å². The summed E-state index contributed by atoms with van der Waals surface area (Å²) >= 11 is 0. The van der Waals surface area contributed by atoms with Crippen LogP contribution in [0.4, 0.5) is 5.82 Å². The summed E-state index contributed by atoms with van der Waals surface area (Å²) in [7, 11) is 0. The fourth-order valence-electron chi connectivity index (χ4n) is 2.48. The summed E-state index contributed by atoms with van der Waals surface area (Å²) in [5, 5.41) is 3.32. The maximum absolute atomic E-state index is 6.20. The first-order valence-corrected chi connectivity index (χ1v) is 7.71. The van der Waals surface area contributed by atoms with Crippen molar-refractivity contribution in [1.29, 1.82) is 0 Å². The van der Waals surface area contributed by atoms with Gasteiger partial charge in [0.1, 0.15) is 5.82 Å². The molecule has 0 aliphatic rings. The molecule has 0 fully saturated rings. The SMILES string of the molecule is NC(CNc1cc(-c2ccncc2)ccn1)Cc1ccccc1. The summed E-state index contributed by atoms with van der Waals surface area (Å²) in [4.78, 5) is 8.41. The second kappa shape index (κ2) is 7.51. The molecule has 4 nitrogen and oxygen atoms in total. The highest BCUT2D eigenvalue weighted by molar-refractivity contribution is 5.65. The van der Waals surface area contributed by atoms with E-state index in [9.17, 15) is 0 Å². The first-order chi connectivity index (χ1) is 11.3. The minimum atomic E-state index is 0.0452. The number of rotatable bonds is 6. The third-order valence-corrected chi connectivity index (χ3v) is 3.66. The molecule has 116 valence electrons.